The van der Waals surface area contributed by atoms with Gasteiger partial charge in [-0.2, -0.15) is 0 Å². The van der Waals surface area contributed by atoms with E-state index in [1.807, 2.05) is 0 Å². The minimum Gasteiger partial charge on any atom is -0.393 e. The molecule has 2 unspecified atom stereocenters. The van der Waals surface area contributed by atoms with Gasteiger partial charge in [-0.05, 0) is 39.7 Å². The highest BCUT2D eigenvalue weighted by molar-refractivity contribution is 4.76. The van der Waals surface area contributed by atoms with Crippen LogP contribution >= 0.6 is 0 Å². The van der Waals surface area contributed by atoms with Crippen LogP contribution in [0.15, 0.2) is 0 Å². The van der Waals surface area contributed by atoms with Crippen LogP contribution in [0.2, 0.25) is 0 Å². The number of ether oxygens (including phenoxy) is 1. The van der Waals surface area contributed by atoms with Crippen molar-refractivity contribution in [3.63, 3.8) is 0 Å². The average molecular weight is 229 g/mol. The molecular weight excluding hydrogens is 202 g/mol. The van der Waals surface area contributed by atoms with Crippen molar-refractivity contribution in [2.75, 3.05) is 26.7 Å². The Balaban J connectivity index is 2.14. The van der Waals surface area contributed by atoms with Crippen molar-refractivity contribution in [3.8, 4) is 0 Å². The Hall–Kier alpha value is -0.120. The fourth-order valence-electron chi connectivity index (χ4n) is 2.34. The summed E-state index contributed by atoms with van der Waals surface area (Å²) in [4.78, 5) is 2.28. The number of aliphatic hydroxyl groups is 1. The summed E-state index contributed by atoms with van der Waals surface area (Å²) < 4.78 is 5.52. The van der Waals surface area contributed by atoms with Crippen LogP contribution in [0.1, 0.15) is 39.5 Å². The highest BCUT2D eigenvalue weighted by atomic mass is 16.5. The van der Waals surface area contributed by atoms with Gasteiger partial charge in [-0.3, -0.25) is 0 Å². The zero-order chi connectivity index (χ0) is 12.0. The molecule has 0 heterocycles. The number of rotatable bonds is 6. The van der Waals surface area contributed by atoms with E-state index < -0.39 is 0 Å². The summed E-state index contributed by atoms with van der Waals surface area (Å²) in [5.74, 6) is 0.470. The molecule has 0 aliphatic heterocycles. The summed E-state index contributed by atoms with van der Waals surface area (Å²) in [7, 11) is 2.12. The van der Waals surface area contributed by atoms with Gasteiger partial charge in [0.1, 0.15) is 0 Å². The summed E-state index contributed by atoms with van der Waals surface area (Å²) in [6, 6.07) is 0. The molecule has 0 saturated heterocycles. The van der Waals surface area contributed by atoms with E-state index in [1.54, 1.807) is 0 Å². The number of likely N-dealkylation sites (N-methyl/N-ethyl adjacent to an activating group) is 1. The molecule has 16 heavy (non-hydrogen) atoms. The quantitative estimate of drug-likeness (QED) is 0.755. The Morgan fingerprint density at radius 1 is 1.31 bits per heavy atom. The van der Waals surface area contributed by atoms with Crippen LogP contribution in [-0.2, 0) is 4.74 Å². The normalized spacial score (nSPS) is 26.6. The van der Waals surface area contributed by atoms with Crippen molar-refractivity contribution in [1.29, 1.82) is 0 Å². The van der Waals surface area contributed by atoms with Crippen molar-refractivity contribution >= 4 is 0 Å². The molecule has 1 N–H and O–H groups in total. The molecule has 1 fully saturated rings. The SMILES string of the molecule is CC(C)OCCN(C)CC1CCCCC1O. The first kappa shape index (κ1) is 13.9. The van der Waals surface area contributed by atoms with Crippen LogP contribution < -0.4 is 0 Å². The van der Waals surface area contributed by atoms with Gasteiger partial charge in [-0.25, -0.2) is 0 Å². The van der Waals surface area contributed by atoms with Crippen molar-refractivity contribution in [3.05, 3.63) is 0 Å². The van der Waals surface area contributed by atoms with E-state index in [9.17, 15) is 5.11 Å². The number of nitrogens with zero attached hydrogens (tertiary/aromatic N) is 1. The minimum atomic E-state index is -0.0813. The first-order valence-corrected chi connectivity index (χ1v) is 6.58. The van der Waals surface area contributed by atoms with E-state index >= 15 is 0 Å². The molecule has 0 radical (unpaired) electrons. The fourth-order valence-corrected chi connectivity index (χ4v) is 2.34. The Labute approximate surface area is 99.8 Å². The Morgan fingerprint density at radius 2 is 2.00 bits per heavy atom. The standard InChI is InChI=1S/C13H27NO2/c1-11(2)16-9-8-14(3)10-12-6-4-5-7-13(12)15/h11-13,15H,4-10H2,1-3H3. The molecule has 1 rings (SSSR count). The molecule has 0 bridgehead atoms. The number of hydrogen-bond acceptors (Lipinski definition) is 3. The summed E-state index contributed by atoms with van der Waals surface area (Å²) in [6.45, 7) is 6.87. The van der Waals surface area contributed by atoms with Gasteiger partial charge in [0, 0.05) is 13.1 Å². The maximum absolute atomic E-state index is 9.87. The molecular formula is C13H27NO2. The Bertz CT molecular complexity index is 185. The molecule has 1 aliphatic carbocycles. The fraction of sp³-hybridized carbons (Fsp3) is 1.00. The Kier molecular flexibility index (Phi) is 6.32. The largest absolute Gasteiger partial charge is 0.393 e. The van der Waals surface area contributed by atoms with E-state index in [1.165, 1.54) is 19.3 Å². The zero-order valence-corrected chi connectivity index (χ0v) is 11.0. The number of hydrogen-bond donors (Lipinski definition) is 1. The molecule has 0 aromatic carbocycles. The van der Waals surface area contributed by atoms with Gasteiger partial charge in [-0.15, -0.1) is 0 Å². The second kappa shape index (κ2) is 7.25. The summed E-state index contributed by atoms with van der Waals surface area (Å²) in [5, 5.41) is 9.87. The van der Waals surface area contributed by atoms with Crippen LogP contribution in [0.5, 0.6) is 0 Å². The minimum absolute atomic E-state index is 0.0813. The third-order valence-electron chi connectivity index (χ3n) is 3.34. The third kappa shape index (κ3) is 5.28. The van der Waals surface area contributed by atoms with Crippen molar-refractivity contribution in [2.45, 2.75) is 51.7 Å². The highest BCUT2D eigenvalue weighted by Crippen LogP contribution is 2.24. The van der Waals surface area contributed by atoms with E-state index in [0.717, 1.165) is 26.1 Å². The van der Waals surface area contributed by atoms with Crippen molar-refractivity contribution in [1.82, 2.24) is 4.90 Å². The van der Waals surface area contributed by atoms with Gasteiger partial charge in [0.25, 0.3) is 0 Å². The van der Waals surface area contributed by atoms with Gasteiger partial charge in [0.05, 0.1) is 18.8 Å². The molecule has 0 spiro atoms. The molecule has 0 aromatic rings. The van der Waals surface area contributed by atoms with Gasteiger partial charge in [-0.1, -0.05) is 12.8 Å². The first-order valence-electron chi connectivity index (χ1n) is 6.58. The van der Waals surface area contributed by atoms with E-state index in [4.69, 9.17) is 4.74 Å². The van der Waals surface area contributed by atoms with Crippen LogP contribution in [-0.4, -0.2) is 49.0 Å². The van der Waals surface area contributed by atoms with Gasteiger partial charge < -0.3 is 14.7 Å². The molecule has 96 valence electrons. The third-order valence-corrected chi connectivity index (χ3v) is 3.34. The lowest BCUT2D eigenvalue weighted by Crippen LogP contribution is -2.36. The van der Waals surface area contributed by atoms with Crippen LogP contribution in [0, 0.1) is 5.92 Å². The molecule has 1 saturated carbocycles. The van der Waals surface area contributed by atoms with Crippen molar-refractivity contribution < 1.29 is 9.84 Å². The molecule has 3 heteroatoms. The lowest BCUT2D eigenvalue weighted by atomic mass is 9.86. The van der Waals surface area contributed by atoms with Crippen LogP contribution in [0.25, 0.3) is 0 Å². The van der Waals surface area contributed by atoms with Gasteiger partial charge in [0.2, 0.25) is 0 Å². The van der Waals surface area contributed by atoms with Crippen LogP contribution in [0.3, 0.4) is 0 Å². The van der Waals surface area contributed by atoms with Crippen LogP contribution in [0.4, 0.5) is 0 Å². The van der Waals surface area contributed by atoms with E-state index in [2.05, 4.69) is 25.8 Å². The van der Waals surface area contributed by atoms with Gasteiger partial charge >= 0.3 is 0 Å². The maximum atomic E-state index is 9.87. The lowest BCUT2D eigenvalue weighted by molar-refractivity contribution is 0.0329. The topological polar surface area (TPSA) is 32.7 Å². The summed E-state index contributed by atoms with van der Waals surface area (Å²) in [6.07, 6.45) is 4.86. The monoisotopic (exact) mass is 229 g/mol. The second-order valence-electron chi connectivity index (χ2n) is 5.29. The molecule has 0 aromatic heterocycles. The number of aliphatic hydroxyl groups excluding tert-OH is 1. The molecule has 0 amide bonds. The second-order valence-corrected chi connectivity index (χ2v) is 5.29. The molecule has 2 atom stereocenters. The van der Waals surface area contributed by atoms with E-state index in [0.29, 0.717) is 12.0 Å². The summed E-state index contributed by atoms with van der Waals surface area (Å²) in [5.41, 5.74) is 0. The molecule has 1 aliphatic rings. The molecule has 3 nitrogen and oxygen atoms in total. The summed E-state index contributed by atoms with van der Waals surface area (Å²) >= 11 is 0. The highest BCUT2D eigenvalue weighted by Gasteiger charge is 2.23. The predicted molar refractivity (Wildman–Crippen MR) is 66.5 cm³/mol. The van der Waals surface area contributed by atoms with Gasteiger partial charge in [0.15, 0.2) is 0 Å². The smallest absolute Gasteiger partial charge is 0.0596 e. The average Bonchev–Trinajstić information content (AvgIpc) is 2.21. The Morgan fingerprint density at radius 3 is 2.62 bits per heavy atom. The first-order chi connectivity index (χ1) is 7.59. The van der Waals surface area contributed by atoms with Crippen molar-refractivity contribution in [2.24, 2.45) is 5.92 Å². The zero-order valence-electron chi connectivity index (χ0n) is 11.0. The predicted octanol–water partition coefficient (Wildman–Crippen LogP) is 1.89. The lowest BCUT2D eigenvalue weighted by Gasteiger charge is -2.31. The maximum Gasteiger partial charge on any atom is 0.0596 e. The van der Waals surface area contributed by atoms with E-state index in [-0.39, 0.29) is 6.10 Å².